The van der Waals surface area contributed by atoms with Gasteiger partial charge in [0.25, 0.3) is 5.56 Å². The van der Waals surface area contributed by atoms with Crippen molar-refractivity contribution in [2.24, 2.45) is 5.92 Å². The summed E-state index contributed by atoms with van der Waals surface area (Å²) in [5, 5.41) is 3.88. The topological polar surface area (TPSA) is 70.4 Å². The Balaban J connectivity index is 3.56. The molecule has 0 aliphatic carbocycles. The Bertz CT molecular complexity index is 681. The van der Waals surface area contributed by atoms with Crippen molar-refractivity contribution >= 4 is 12.0 Å². The Kier molecular flexibility index (Phi) is 7.20. The number of alkyl halides is 3. The number of rotatable bonds is 7. The number of methoxy groups -OCH3 is 1. The smallest absolute Gasteiger partial charge is 0.421 e. The summed E-state index contributed by atoms with van der Waals surface area (Å²) in [5.41, 5.74) is -2.95. The summed E-state index contributed by atoms with van der Waals surface area (Å²) < 4.78 is 49.7. The molecule has 25 heavy (non-hydrogen) atoms. The van der Waals surface area contributed by atoms with Crippen molar-refractivity contribution in [3.8, 4) is 0 Å². The zero-order chi connectivity index (χ0) is 19.2. The molecular weight excluding hydrogens is 341 g/mol. The first-order valence-electron chi connectivity index (χ1n) is 7.68. The Morgan fingerprint density at radius 2 is 2.04 bits per heavy atom. The van der Waals surface area contributed by atoms with Gasteiger partial charge in [-0.05, 0) is 25.3 Å². The molecule has 0 aliphatic rings. The quantitative estimate of drug-likeness (QED) is 0.551. The van der Waals surface area contributed by atoms with Crippen LogP contribution in [-0.2, 0) is 20.4 Å². The first-order valence-corrected chi connectivity index (χ1v) is 7.68. The maximum absolute atomic E-state index is 13.2. The molecule has 0 spiro atoms. The van der Waals surface area contributed by atoms with Gasteiger partial charge in [0.1, 0.15) is 5.56 Å². The van der Waals surface area contributed by atoms with Gasteiger partial charge in [0.15, 0.2) is 6.04 Å². The first-order chi connectivity index (χ1) is 11.6. The second kappa shape index (κ2) is 8.68. The number of nitrogens with zero attached hydrogens (tertiary/aromatic N) is 2. The molecule has 0 aliphatic heterocycles. The summed E-state index contributed by atoms with van der Waals surface area (Å²) >= 11 is 0. The molecule has 0 N–H and O–H groups in total. The van der Waals surface area contributed by atoms with Crippen LogP contribution >= 0.6 is 0 Å². The average Bonchev–Trinajstić information content (AvgIpc) is 2.52. The van der Waals surface area contributed by atoms with Crippen molar-refractivity contribution in [1.82, 2.24) is 9.78 Å². The van der Waals surface area contributed by atoms with E-state index in [2.05, 4.69) is 9.84 Å². The minimum Gasteiger partial charge on any atom is -0.501 e. The van der Waals surface area contributed by atoms with Crippen molar-refractivity contribution in [2.75, 3.05) is 13.7 Å². The fourth-order valence-corrected chi connectivity index (χ4v) is 2.12. The number of aromatic nitrogens is 2. The first kappa shape index (κ1) is 20.7. The molecule has 0 radical (unpaired) electrons. The van der Waals surface area contributed by atoms with Crippen LogP contribution in [0.25, 0.3) is 6.08 Å². The zero-order valence-corrected chi connectivity index (χ0v) is 14.5. The van der Waals surface area contributed by atoms with E-state index in [1.807, 2.05) is 0 Å². The number of halogens is 3. The van der Waals surface area contributed by atoms with Crippen LogP contribution in [0.3, 0.4) is 0 Å². The van der Waals surface area contributed by atoms with Crippen molar-refractivity contribution in [3.05, 3.63) is 33.9 Å². The third kappa shape index (κ3) is 5.61. The van der Waals surface area contributed by atoms with E-state index in [0.29, 0.717) is 17.4 Å². The standard InChI is InChI=1S/C16H21F3N2O4/c1-5-25-7-6-11-9-12(16(17,18)19)14(22)21(20-11)13(8-10(2)3)15(23)24-4/h6-7,9-10,13H,5,8H2,1-4H3/b7-6+/t13-/m0/s1. The van der Waals surface area contributed by atoms with Gasteiger partial charge in [-0.25, -0.2) is 9.48 Å². The molecule has 0 amide bonds. The van der Waals surface area contributed by atoms with Crippen molar-refractivity contribution < 1.29 is 27.4 Å². The van der Waals surface area contributed by atoms with Crippen molar-refractivity contribution in [2.45, 2.75) is 39.4 Å². The fourth-order valence-electron chi connectivity index (χ4n) is 2.12. The van der Waals surface area contributed by atoms with E-state index >= 15 is 0 Å². The molecule has 1 rings (SSSR count). The summed E-state index contributed by atoms with van der Waals surface area (Å²) in [5.74, 6) is -0.905. The van der Waals surface area contributed by atoms with Crippen molar-refractivity contribution in [1.29, 1.82) is 0 Å². The summed E-state index contributed by atoms with van der Waals surface area (Å²) in [6, 6.07) is -0.628. The molecule has 0 unspecified atom stereocenters. The maximum Gasteiger partial charge on any atom is 0.421 e. The minimum absolute atomic E-state index is 0.0743. The number of ether oxygens (including phenoxy) is 2. The predicted octanol–water partition coefficient (Wildman–Crippen LogP) is 3.03. The highest BCUT2D eigenvalue weighted by Gasteiger charge is 2.37. The van der Waals surface area contributed by atoms with Crippen LogP contribution < -0.4 is 5.56 Å². The molecule has 0 bridgehead atoms. The van der Waals surface area contributed by atoms with Gasteiger partial charge in [-0.2, -0.15) is 18.3 Å². The van der Waals surface area contributed by atoms with Crippen molar-refractivity contribution in [3.63, 3.8) is 0 Å². The van der Waals surface area contributed by atoms with E-state index in [1.165, 1.54) is 12.3 Å². The van der Waals surface area contributed by atoms with E-state index in [-0.39, 0.29) is 18.0 Å². The van der Waals surface area contributed by atoms with Crippen LogP contribution in [0.5, 0.6) is 0 Å². The molecule has 9 heteroatoms. The van der Waals surface area contributed by atoms with Crippen LogP contribution in [-0.4, -0.2) is 29.5 Å². The third-order valence-electron chi connectivity index (χ3n) is 3.22. The molecule has 1 aromatic rings. The molecule has 0 aromatic carbocycles. The molecule has 140 valence electrons. The summed E-state index contributed by atoms with van der Waals surface area (Å²) in [6.45, 7) is 5.56. The van der Waals surface area contributed by atoms with Gasteiger partial charge in [-0.3, -0.25) is 4.79 Å². The highest BCUT2D eigenvalue weighted by molar-refractivity contribution is 5.74. The molecule has 1 heterocycles. The van der Waals surface area contributed by atoms with Gasteiger partial charge < -0.3 is 9.47 Å². The normalized spacial score (nSPS) is 13.3. The SMILES string of the molecule is CCO/C=C/c1cc(C(F)(F)F)c(=O)n([C@@H](CC(C)C)C(=O)OC)n1. The molecule has 0 fully saturated rings. The number of esters is 1. The minimum atomic E-state index is -4.88. The Hall–Kier alpha value is -2.32. The molecule has 6 nitrogen and oxygen atoms in total. The highest BCUT2D eigenvalue weighted by Crippen LogP contribution is 2.28. The molecular formula is C16H21F3N2O4. The lowest BCUT2D eigenvalue weighted by Crippen LogP contribution is -2.37. The molecule has 1 aromatic heterocycles. The second-order valence-corrected chi connectivity index (χ2v) is 5.66. The largest absolute Gasteiger partial charge is 0.501 e. The number of hydrogen-bond acceptors (Lipinski definition) is 5. The van der Waals surface area contributed by atoms with Crippen LogP contribution in [0.15, 0.2) is 17.1 Å². The van der Waals surface area contributed by atoms with Gasteiger partial charge in [-0.15, -0.1) is 0 Å². The van der Waals surface area contributed by atoms with Crippen LogP contribution in [0.4, 0.5) is 13.2 Å². The number of hydrogen-bond donors (Lipinski definition) is 0. The summed E-state index contributed by atoms with van der Waals surface area (Å²) in [4.78, 5) is 24.2. The maximum atomic E-state index is 13.2. The average molecular weight is 362 g/mol. The zero-order valence-electron chi connectivity index (χ0n) is 14.5. The molecule has 1 atom stereocenters. The number of carbonyl (C=O) groups is 1. The lowest BCUT2D eigenvalue weighted by molar-refractivity contribution is -0.147. The van der Waals surface area contributed by atoms with E-state index in [9.17, 15) is 22.8 Å². The van der Waals surface area contributed by atoms with Gasteiger partial charge in [0.2, 0.25) is 0 Å². The van der Waals surface area contributed by atoms with Gasteiger partial charge >= 0.3 is 12.1 Å². The Morgan fingerprint density at radius 1 is 1.40 bits per heavy atom. The fraction of sp³-hybridized carbons (Fsp3) is 0.562. The third-order valence-corrected chi connectivity index (χ3v) is 3.22. The van der Waals surface area contributed by atoms with Crippen LogP contribution in [0, 0.1) is 5.92 Å². The molecule has 0 saturated carbocycles. The lowest BCUT2D eigenvalue weighted by atomic mass is 10.0. The summed E-state index contributed by atoms with van der Waals surface area (Å²) in [6.07, 6.45) is -2.41. The second-order valence-electron chi connectivity index (χ2n) is 5.66. The van der Waals surface area contributed by atoms with Gasteiger partial charge in [0.05, 0.1) is 25.7 Å². The highest BCUT2D eigenvalue weighted by atomic mass is 19.4. The molecule has 0 saturated heterocycles. The van der Waals surface area contributed by atoms with E-state index in [1.54, 1.807) is 20.8 Å². The van der Waals surface area contributed by atoms with Gasteiger partial charge in [-0.1, -0.05) is 13.8 Å². The predicted molar refractivity (Wildman–Crippen MR) is 84.7 cm³/mol. The van der Waals surface area contributed by atoms with Crippen LogP contribution in [0.2, 0.25) is 0 Å². The van der Waals surface area contributed by atoms with Crippen LogP contribution in [0.1, 0.15) is 44.5 Å². The van der Waals surface area contributed by atoms with E-state index in [0.717, 1.165) is 7.11 Å². The van der Waals surface area contributed by atoms with E-state index < -0.39 is 29.3 Å². The lowest BCUT2D eigenvalue weighted by Gasteiger charge is -2.20. The Morgan fingerprint density at radius 3 is 2.52 bits per heavy atom. The Labute approximate surface area is 143 Å². The van der Waals surface area contributed by atoms with E-state index in [4.69, 9.17) is 4.74 Å². The number of carbonyl (C=O) groups excluding carboxylic acids is 1. The van der Waals surface area contributed by atoms with Gasteiger partial charge in [0, 0.05) is 6.08 Å². The summed E-state index contributed by atoms with van der Waals surface area (Å²) in [7, 11) is 1.10. The monoisotopic (exact) mass is 362 g/mol.